The SMILES string of the molecule is CN(C(=O)COc1ccc(C(N)=S)cc1)C1CCOCC1. The van der Waals surface area contributed by atoms with Crippen LogP contribution >= 0.6 is 12.2 Å². The normalized spacial score (nSPS) is 15.5. The molecule has 0 saturated carbocycles. The molecule has 114 valence electrons. The number of carbonyl (C=O) groups excluding carboxylic acids is 1. The second-order valence-corrected chi connectivity index (χ2v) is 5.47. The minimum Gasteiger partial charge on any atom is -0.484 e. The quantitative estimate of drug-likeness (QED) is 0.832. The van der Waals surface area contributed by atoms with Crippen molar-refractivity contribution in [2.45, 2.75) is 18.9 Å². The first-order valence-corrected chi connectivity index (χ1v) is 7.35. The number of thiocarbonyl (C=S) groups is 1. The average molecular weight is 308 g/mol. The van der Waals surface area contributed by atoms with Crippen molar-refractivity contribution in [1.29, 1.82) is 0 Å². The molecule has 0 radical (unpaired) electrons. The Bertz CT molecular complexity index is 498. The fourth-order valence-electron chi connectivity index (χ4n) is 2.24. The van der Waals surface area contributed by atoms with E-state index in [4.69, 9.17) is 27.4 Å². The maximum atomic E-state index is 12.1. The van der Waals surface area contributed by atoms with E-state index in [1.54, 1.807) is 29.2 Å². The van der Waals surface area contributed by atoms with Crippen LogP contribution < -0.4 is 10.5 Å². The van der Waals surface area contributed by atoms with Crippen LogP contribution in [0.4, 0.5) is 0 Å². The summed E-state index contributed by atoms with van der Waals surface area (Å²) in [6.07, 6.45) is 1.76. The summed E-state index contributed by atoms with van der Waals surface area (Å²) in [6, 6.07) is 7.33. The third kappa shape index (κ3) is 4.41. The second-order valence-electron chi connectivity index (χ2n) is 5.03. The van der Waals surface area contributed by atoms with Gasteiger partial charge < -0.3 is 20.1 Å². The summed E-state index contributed by atoms with van der Waals surface area (Å²) in [5.41, 5.74) is 6.31. The Morgan fingerprint density at radius 2 is 2.00 bits per heavy atom. The summed E-state index contributed by atoms with van der Waals surface area (Å²) in [6.45, 7) is 1.45. The van der Waals surface area contributed by atoms with Gasteiger partial charge >= 0.3 is 0 Å². The summed E-state index contributed by atoms with van der Waals surface area (Å²) >= 11 is 4.88. The van der Waals surface area contributed by atoms with Crippen LogP contribution in [0, 0.1) is 0 Å². The molecule has 0 bridgehead atoms. The molecule has 1 aliphatic rings. The molecular formula is C15H20N2O3S. The van der Waals surface area contributed by atoms with E-state index < -0.39 is 0 Å². The molecule has 0 unspecified atom stereocenters. The van der Waals surface area contributed by atoms with Crippen LogP contribution in [0.5, 0.6) is 5.75 Å². The second kappa shape index (κ2) is 7.38. The average Bonchev–Trinajstić information content (AvgIpc) is 2.53. The molecule has 1 aliphatic heterocycles. The Morgan fingerprint density at radius 3 is 2.57 bits per heavy atom. The lowest BCUT2D eigenvalue weighted by Crippen LogP contribution is -2.42. The maximum absolute atomic E-state index is 12.1. The van der Waals surface area contributed by atoms with Crippen LogP contribution in [0.15, 0.2) is 24.3 Å². The molecule has 1 fully saturated rings. The van der Waals surface area contributed by atoms with Crippen molar-refractivity contribution >= 4 is 23.1 Å². The number of hydrogen-bond donors (Lipinski definition) is 1. The molecule has 1 heterocycles. The number of amides is 1. The minimum absolute atomic E-state index is 0.0275. The lowest BCUT2D eigenvalue weighted by Gasteiger charge is -2.31. The van der Waals surface area contributed by atoms with Crippen LogP contribution in [0.2, 0.25) is 0 Å². The molecule has 1 aromatic carbocycles. The molecule has 0 aliphatic carbocycles. The lowest BCUT2D eigenvalue weighted by molar-refractivity contribution is -0.135. The van der Waals surface area contributed by atoms with Crippen LogP contribution in [0.25, 0.3) is 0 Å². The first-order chi connectivity index (χ1) is 10.1. The van der Waals surface area contributed by atoms with Gasteiger partial charge in [0.15, 0.2) is 6.61 Å². The molecule has 2 rings (SSSR count). The summed E-state index contributed by atoms with van der Waals surface area (Å²) in [5.74, 6) is 0.601. The monoisotopic (exact) mass is 308 g/mol. The van der Waals surface area contributed by atoms with Gasteiger partial charge in [-0.05, 0) is 37.1 Å². The summed E-state index contributed by atoms with van der Waals surface area (Å²) in [5, 5.41) is 0. The van der Waals surface area contributed by atoms with Gasteiger partial charge in [-0.25, -0.2) is 0 Å². The largest absolute Gasteiger partial charge is 0.484 e. The van der Waals surface area contributed by atoms with E-state index in [9.17, 15) is 4.79 Å². The van der Waals surface area contributed by atoms with E-state index >= 15 is 0 Å². The molecular weight excluding hydrogens is 288 g/mol. The predicted octanol–water partition coefficient (Wildman–Crippen LogP) is 1.34. The number of benzene rings is 1. The highest BCUT2D eigenvalue weighted by Crippen LogP contribution is 2.15. The van der Waals surface area contributed by atoms with E-state index in [2.05, 4.69) is 0 Å². The van der Waals surface area contributed by atoms with Gasteiger partial charge in [-0.3, -0.25) is 4.79 Å². The van der Waals surface area contributed by atoms with Crippen LogP contribution in [0.3, 0.4) is 0 Å². The molecule has 6 heteroatoms. The zero-order valence-corrected chi connectivity index (χ0v) is 12.9. The fraction of sp³-hybridized carbons (Fsp3) is 0.467. The van der Waals surface area contributed by atoms with Crippen molar-refractivity contribution in [3.05, 3.63) is 29.8 Å². The number of nitrogens with two attached hydrogens (primary N) is 1. The maximum Gasteiger partial charge on any atom is 0.260 e. The van der Waals surface area contributed by atoms with Gasteiger partial charge in [0, 0.05) is 31.9 Å². The zero-order valence-electron chi connectivity index (χ0n) is 12.1. The van der Waals surface area contributed by atoms with E-state index in [0.29, 0.717) is 24.0 Å². The predicted molar refractivity (Wildman–Crippen MR) is 84.4 cm³/mol. The molecule has 21 heavy (non-hydrogen) atoms. The highest BCUT2D eigenvalue weighted by Gasteiger charge is 2.22. The van der Waals surface area contributed by atoms with E-state index in [-0.39, 0.29) is 18.6 Å². The third-order valence-corrected chi connectivity index (χ3v) is 3.87. The van der Waals surface area contributed by atoms with Gasteiger partial charge in [0.1, 0.15) is 10.7 Å². The van der Waals surface area contributed by atoms with Crippen LogP contribution in [-0.4, -0.2) is 48.7 Å². The molecule has 1 saturated heterocycles. The van der Waals surface area contributed by atoms with Gasteiger partial charge in [-0.1, -0.05) is 12.2 Å². The van der Waals surface area contributed by atoms with Gasteiger partial charge in [0.05, 0.1) is 0 Å². The molecule has 2 N–H and O–H groups in total. The fourth-order valence-corrected chi connectivity index (χ4v) is 2.37. The summed E-state index contributed by atoms with van der Waals surface area (Å²) in [4.78, 5) is 14.2. The number of hydrogen-bond acceptors (Lipinski definition) is 4. The molecule has 5 nitrogen and oxygen atoms in total. The highest BCUT2D eigenvalue weighted by atomic mass is 32.1. The number of carbonyl (C=O) groups is 1. The number of nitrogens with zero attached hydrogens (tertiary/aromatic N) is 1. The third-order valence-electron chi connectivity index (χ3n) is 3.63. The summed E-state index contributed by atoms with van der Waals surface area (Å²) in [7, 11) is 1.82. The Balaban J connectivity index is 1.83. The smallest absolute Gasteiger partial charge is 0.260 e. The van der Waals surface area contributed by atoms with Gasteiger partial charge in [0.2, 0.25) is 0 Å². The first-order valence-electron chi connectivity index (χ1n) is 6.94. The Morgan fingerprint density at radius 1 is 1.38 bits per heavy atom. The van der Waals surface area contributed by atoms with Crippen molar-refractivity contribution in [3.63, 3.8) is 0 Å². The molecule has 0 aromatic heterocycles. The lowest BCUT2D eigenvalue weighted by atomic mass is 10.1. The van der Waals surface area contributed by atoms with E-state index in [0.717, 1.165) is 18.4 Å². The van der Waals surface area contributed by atoms with E-state index in [1.165, 1.54) is 0 Å². The van der Waals surface area contributed by atoms with Crippen molar-refractivity contribution in [2.75, 3.05) is 26.9 Å². The van der Waals surface area contributed by atoms with Gasteiger partial charge in [-0.15, -0.1) is 0 Å². The molecule has 1 aromatic rings. The van der Waals surface area contributed by atoms with Crippen molar-refractivity contribution < 1.29 is 14.3 Å². The first kappa shape index (κ1) is 15.7. The topological polar surface area (TPSA) is 64.8 Å². The van der Waals surface area contributed by atoms with Crippen LogP contribution in [0.1, 0.15) is 18.4 Å². The molecule has 0 spiro atoms. The molecule has 0 atom stereocenters. The Kier molecular flexibility index (Phi) is 5.52. The van der Waals surface area contributed by atoms with Gasteiger partial charge in [0.25, 0.3) is 5.91 Å². The van der Waals surface area contributed by atoms with Crippen molar-refractivity contribution in [3.8, 4) is 5.75 Å². The van der Waals surface area contributed by atoms with E-state index in [1.807, 2.05) is 7.05 Å². The number of ether oxygens (including phenoxy) is 2. The number of rotatable bonds is 5. The molecule has 1 amide bonds. The van der Waals surface area contributed by atoms with Crippen LogP contribution in [-0.2, 0) is 9.53 Å². The standard InChI is InChI=1S/C15H20N2O3S/c1-17(12-6-8-19-9-7-12)14(18)10-20-13-4-2-11(3-5-13)15(16)21/h2-5,12H,6-10H2,1H3,(H2,16,21). The minimum atomic E-state index is -0.0275. The van der Waals surface area contributed by atoms with Crippen molar-refractivity contribution in [1.82, 2.24) is 4.90 Å². The zero-order chi connectivity index (χ0) is 15.2. The van der Waals surface area contributed by atoms with Gasteiger partial charge in [-0.2, -0.15) is 0 Å². The summed E-state index contributed by atoms with van der Waals surface area (Å²) < 4.78 is 10.8. The Labute approximate surface area is 130 Å². The highest BCUT2D eigenvalue weighted by molar-refractivity contribution is 7.80. The Hall–Kier alpha value is -1.66. The number of likely N-dealkylation sites (N-methyl/N-ethyl adjacent to an activating group) is 1. The van der Waals surface area contributed by atoms with Crippen molar-refractivity contribution in [2.24, 2.45) is 5.73 Å².